The number of nitrogens with one attached hydrogen (secondary N) is 1. The van der Waals surface area contributed by atoms with Crippen LogP contribution in [0, 0.1) is 13.8 Å². The van der Waals surface area contributed by atoms with Crippen molar-refractivity contribution >= 4 is 5.91 Å². The number of methoxy groups -OCH3 is 1. The maximum atomic E-state index is 12.9. The summed E-state index contributed by atoms with van der Waals surface area (Å²) in [6.45, 7) is 8.02. The number of benzene rings is 2. The van der Waals surface area contributed by atoms with E-state index < -0.39 is 0 Å². The third-order valence-corrected chi connectivity index (χ3v) is 4.62. The van der Waals surface area contributed by atoms with Crippen LogP contribution in [-0.2, 0) is 0 Å². The van der Waals surface area contributed by atoms with Gasteiger partial charge in [0.15, 0.2) is 0 Å². The summed E-state index contributed by atoms with van der Waals surface area (Å²) in [5.74, 6) is 1.46. The number of ether oxygens (including phenoxy) is 2. The molecule has 1 N–H and O–H groups in total. The molecule has 1 atom stereocenters. The maximum Gasteiger partial charge on any atom is 0.252 e. The second-order valence-electron chi connectivity index (χ2n) is 7.31. The van der Waals surface area contributed by atoms with Crippen LogP contribution < -0.4 is 14.8 Å². The number of hydrogen-bond donors (Lipinski definition) is 1. The van der Waals surface area contributed by atoms with E-state index >= 15 is 0 Å². The summed E-state index contributed by atoms with van der Waals surface area (Å²) in [7, 11) is 1.63. The molecule has 0 saturated heterocycles. The fourth-order valence-corrected chi connectivity index (χ4v) is 3.30. The number of carbonyl (C=O) groups excluding carboxylic acids is 1. The molecule has 0 fully saturated rings. The van der Waals surface area contributed by atoms with E-state index in [2.05, 4.69) is 5.32 Å². The van der Waals surface area contributed by atoms with Crippen molar-refractivity contribution in [3.63, 3.8) is 0 Å². The van der Waals surface area contributed by atoms with Crippen LogP contribution in [0.1, 0.15) is 53.4 Å². The summed E-state index contributed by atoms with van der Waals surface area (Å²) >= 11 is 0. The summed E-state index contributed by atoms with van der Waals surface area (Å²) in [4.78, 5) is 12.9. The Hall–Kier alpha value is -2.49. The number of rotatable bonds is 3. The lowest BCUT2D eigenvalue weighted by Gasteiger charge is -2.38. The Bertz CT molecular complexity index is 811. The van der Waals surface area contributed by atoms with E-state index in [0.29, 0.717) is 6.42 Å². The van der Waals surface area contributed by atoms with Gasteiger partial charge in [0.05, 0.1) is 13.2 Å². The molecule has 25 heavy (non-hydrogen) atoms. The molecular weight excluding hydrogens is 314 g/mol. The predicted molar refractivity (Wildman–Crippen MR) is 98.4 cm³/mol. The van der Waals surface area contributed by atoms with Crippen LogP contribution in [0.15, 0.2) is 36.4 Å². The van der Waals surface area contributed by atoms with Gasteiger partial charge in [0.25, 0.3) is 5.91 Å². The minimum absolute atomic E-state index is 0.0503. The molecule has 0 aromatic heterocycles. The lowest BCUT2D eigenvalue weighted by atomic mass is 9.89. The molecule has 0 saturated carbocycles. The summed E-state index contributed by atoms with van der Waals surface area (Å²) in [6.07, 6.45) is 0.711. The van der Waals surface area contributed by atoms with Crippen LogP contribution >= 0.6 is 0 Å². The first-order chi connectivity index (χ1) is 11.8. The first-order valence-electron chi connectivity index (χ1n) is 8.54. The average molecular weight is 339 g/mol. The highest BCUT2D eigenvalue weighted by molar-refractivity contribution is 5.96. The predicted octanol–water partition coefficient (Wildman–Crippen LogP) is 4.34. The zero-order chi connectivity index (χ0) is 18.2. The van der Waals surface area contributed by atoms with Gasteiger partial charge in [0, 0.05) is 23.6 Å². The van der Waals surface area contributed by atoms with Gasteiger partial charge in [0.2, 0.25) is 0 Å². The molecule has 1 aliphatic rings. The highest BCUT2D eigenvalue weighted by Crippen LogP contribution is 2.41. The molecule has 1 aliphatic heterocycles. The number of carbonyl (C=O) groups is 1. The largest absolute Gasteiger partial charge is 0.497 e. The van der Waals surface area contributed by atoms with E-state index in [1.807, 2.05) is 64.1 Å². The second kappa shape index (κ2) is 6.43. The molecule has 132 valence electrons. The summed E-state index contributed by atoms with van der Waals surface area (Å²) in [5, 5.41) is 3.19. The quantitative estimate of drug-likeness (QED) is 0.904. The Morgan fingerprint density at radius 2 is 1.96 bits per heavy atom. The van der Waals surface area contributed by atoms with Crippen LogP contribution in [0.3, 0.4) is 0 Å². The van der Waals surface area contributed by atoms with Gasteiger partial charge in [-0.15, -0.1) is 0 Å². The van der Waals surface area contributed by atoms with Gasteiger partial charge in [-0.25, -0.2) is 0 Å². The average Bonchev–Trinajstić information content (AvgIpc) is 2.55. The van der Waals surface area contributed by atoms with Crippen molar-refractivity contribution in [2.75, 3.05) is 7.11 Å². The number of aryl methyl sites for hydroxylation is 2. The van der Waals surface area contributed by atoms with E-state index in [1.165, 1.54) is 0 Å². The van der Waals surface area contributed by atoms with E-state index in [9.17, 15) is 4.79 Å². The minimum Gasteiger partial charge on any atom is -0.497 e. The Morgan fingerprint density at radius 1 is 1.20 bits per heavy atom. The monoisotopic (exact) mass is 339 g/mol. The van der Waals surface area contributed by atoms with Gasteiger partial charge in [-0.3, -0.25) is 4.79 Å². The molecule has 4 heteroatoms. The van der Waals surface area contributed by atoms with Gasteiger partial charge >= 0.3 is 0 Å². The third kappa shape index (κ3) is 3.63. The molecule has 0 radical (unpaired) electrons. The molecule has 0 spiro atoms. The van der Waals surface area contributed by atoms with Crippen LogP contribution in [0.4, 0.5) is 0 Å². The van der Waals surface area contributed by atoms with E-state index in [-0.39, 0.29) is 17.6 Å². The molecule has 1 amide bonds. The van der Waals surface area contributed by atoms with Crippen molar-refractivity contribution in [3.05, 3.63) is 58.7 Å². The first kappa shape index (κ1) is 17.3. The van der Waals surface area contributed by atoms with Gasteiger partial charge < -0.3 is 14.8 Å². The molecule has 0 bridgehead atoms. The fraction of sp³-hybridized carbons (Fsp3) is 0.381. The molecular formula is C21H25NO3. The minimum atomic E-state index is -0.362. The Labute approximate surface area is 149 Å². The standard InChI is InChI=1S/C21H25NO3/c1-13-6-7-14(2)17(10-13)20(23)22-18-12-21(3,4)25-19-11-15(24-5)8-9-16(18)19/h6-11,18H,12H2,1-5H3,(H,22,23)/t18-/m1/s1. The topological polar surface area (TPSA) is 47.6 Å². The SMILES string of the molecule is COc1ccc2c(c1)OC(C)(C)C[C@H]2NC(=O)c1cc(C)ccc1C. The fourth-order valence-electron chi connectivity index (χ4n) is 3.30. The van der Waals surface area contributed by atoms with E-state index in [4.69, 9.17) is 9.47 Å². The van der Waals surface area contributed by atoms with Crippen LogP contribution in [0.2, 0.25) is 0 Å². The molecule has 2 aromatic carbocycles. The molecule has 0 aliphatic carbocycles. The molecule has 2 aromatic rings. The summed E-state index contributed by atoms with van der Waals surface area (Å²) < 4.78 is 11.4. The molecule has 3 rings (SSSR count). The highest BCUT2D eigenvalue weighted by Gasteiger charge is 2.35. The Balaban J connectivity index is 1.92. The smallest absolute Gasteiger partial charge is 0.252 e. The van der Waals surface area contributed by atoms with Gasteiger partial charge in [-0.05, 0) is 51.5 Å². The Kier molecular flexibility index (Phi) is 4.46. The normalized spacial score (nSPS) is 18.0. The summed E-state index contributed by atoms with van der Waals surface area (Å²) in [5.41, 5.74) is 3.40. The lowest BCUT2D eigenvalue weighted by Crippen LogP contribution is -2.41. The van der Waals surface area contributed by atoms with Crippen molar-refractivity contribution in [3.8, 4) is 11.5 Å². The maximum absolute atomic E-state index is 12.9. The Morgan fingerprint density at radius 3 is 2.68 bits per heavy atom. The summed E-state index contributed by atoms with van der Waals surface area (Å²) in [6, 6.07) is 11.6. The highest BCUT2D eigenvalue weighted by atomic mass is 16.5. The third-order valence-electron chi connectivity index (χ3n) is 4.62. The van der Waals surface area contributed by atoms with Gasteiger partial charge in [-0.2, -0.15) is 0 Å². The van der Waals surface area contributed by atoms with Crippen molar-refractivity contribution < 1.29 is 14.3 Å². The van der Waals surface area contributed by atoms with Crippen molar-refractivity contribution in [1.29, 1.82) is 0 Å². The lowest BCUT2D eigenvalue weighted by molar-refractivity contribution is 0.0617. The molecule has 1 heterocycles. The van der Waals surface area contributed by atoms with Crippen LogP contribution in [0.25, 0.3) is 0 Å². The second-order valence-corrected chi connectivity index (χ2v) is 7.31. The van der Waals surface area contributed by atoms with Gasteiger partial charge in [0.1, 0.15) is 17.1 Å². The number of hydrogen-bond acceptors (Lipinski definition) is 3. The van der Waals surface area contributed by atoms with Crippen LogP contribution in [-0.4, -0.2) is 18.6 Å². The number of amides is 1. The van der Waals surface area contributed by atoms with Gasteiger partial charge in [-0.1, -0.05) is 17.7 Å². The zero-order valence-electron chi connectivity index (χ0n) is 15.5. The zero-order valence-corrected chi connectivity index (χ0v) is 15.5. The van der Waals surface area contributed by atoms with Crippen molar-refractivity contribution in [2.45, 2.75) is 45.8 Å². The van der Waals surface area contributed by atoms with E-state index in [1.54, 1.807) is 7.11 Å². The van der Waals surface area contributed by atoms with Crippen molar-refractivity contribution in [2.24, 2.45) is 0 Å². The number of fused-ring (bicyclic) bond motifs is 1. The molecule has 0 unspecified atom stereocenters. The van der Waals surface area contributed by atoms with Crippen LogP contribution in [0.5, 0.6) is 11.5 Å². The first-order valence-corrected chi connectivity index (χ1v) is 8.54. The van der Waals surface area contributed by atoms with Crippen molar-refractivity contribution in [1.82, 2.24) is 5.32 Å². The van der Waals surface area contributed by atoms with E-state index in [0.717, 1.165) is 33.8 Å². The molecule has 4 nitrogen and oxygen atoms in total.